The molecule has 1 aromatic carbocycles. The van der Waals surface area contributed by atoms with Gasteiger partial charge in [-0.3, -0.25) is 0 Å². The van der Waals surface area contributed by atoms with E-state index >= 15 is 0 Å². The number of hydrogen-bond acceptors (Lipinski definition) is 7. The van der Waals surface area contributed by atoms with E-state index in [1.807, 2.05) is 11.4 Å². The molecular formula is C20H21F3N4O2S. The summed E-state index contributed by atoms with van der Waals surface area (Å²) in [4.78, 5) is 11.2. The molecule has 4 heterocycles. The van der Waals surface area contributed by atoms with Crippen LogP contribution < -0.4 is 10.2 Å². The van der Waals surface area contributed by atoms with Crippen molar-refractivity contribution in [3.05, 3.63) is 29.3 Å². The largest absolute Gasteiger partial charge is 0.423 e. The van der Waals surface area contributed by atoms with Crippen molar-refractivity contribution in [2.24, 2.45) is 0 Å². The lowest BCUT2D eigenvalue weighted by Gasteiger charge is -2.31. The van der Waals surface area contributed by atoms with E-state index in [0.29, 0.717) is 34.8 Å². The van der Waals surface area contributed by atoms with Crippen LogP contribution in [0.3, 0.4) is 0 Å². The Morgan fingerprint density at radius 2 is 2.07 bits per heavy atom. The van der Waals surface area contributed by atoms with Crippen molar-refractivity contribution in [3.63, 3.8) is 0 Å². The summed E-state index contributed by atoms with van der Waals surface area (Å²) in [5, 5.41) is 6.22. The highest BCUT2D eigenvalue weighted by Crippen LogP contribution is 2.38. The average molecular weight is 438 g/mol. The molecule has 0 amide bonds. The summed E-state index contributed by atoms with van der Waals surface area (Å²) in [6.45, 7) is 1.88. The number of benzene rings is 1. The van der Waals surface area contributed by atoms with E-state index < -0.39 is 18.9 Å². The lowest BCUT2D eigenvalue weighted by molar-refractivity contribution is -0.184. The highest BCUT2D eigenvalue weighted by atomic mass is 32.1. The first-order valence-electron chi connectivity index (χ1n) is 9.90. The fourth-order valence-electron chi connectivity index (χ4n) is 4.27. The van der Waals surface area contributed by atoms with Crippen molar-refractivity contribution < 1.29 is 22.3 Å². The molecule has 2 aromatic heterocycles. The maximum Gasteiger partial charge on any atom is 0.411 e. The average Bonchev–Trinajstić information content (AvgIpc) is 3.44. The number of fused-ring (bicyclic) bond motifs is 3. The molecule has 2 fully saturated rings. The number of piperazine rings is 1. The zero-order valence-corrected chi connectivity index (χ0v) is 17.1. The Bertz CT molecular complexity index is 1020. The molecular weight excluding hydrogens is 417 g/mol. The second-order valence-corrected chi connectivity index (χ2v) is 8.72. The Balaban J connectivity index is 1.54. The van der Waals surface area contributed by atoms with E-state index in [9.17, 15) is 13.2 Å². The van der Waals surface area contributed by atoms with Gasteiger partial charge in [-0.2, -0.15) is 18.2 Å². The normalized spacial score (nSPS) is 22.7. The van der Waals surface area contributed by atoms with E-state index in [1.165, 1.54) is 11.3 Å². The Hall–Kier alpha value is -2.17. The Labute approximate surface area is 175 Å². The fourth-order valence-corrected chi connectivity index (χ4v) is 4.93. The molecule has 2 saturated heterocycles. The van der Waals surface area contributed by atoms with Gasteiger partial charge in [0.2, 0.25) is 0 Å². The molecule has 1 N–H and O–H groups in total. The molecule has 0 radical (unpaired) electrons. The molecule has 5 rings (SSSR count). The van der Waals surface area contributed by atoms with Crippen molar-refractivity contribution in [1.82, 2.24) is 15.3 Å². The van der Waals surface area contributed by atoms with Crippen LogP contribution in [-0.4, -0.2) is 47.9 Å². The van der Waals surface area contributed by atoms with Crippen LogP contribution in [0.15, 0.2) is 28.1 Å². The number of alkyl halides is 3. The first kappa shape index (κ1) is 19.8. The summed E-state index contributed by atoms with van der Waals surface area (Å²) in [6.07, 6.45) is -1.21. The number of nitrogens with one attached hydrogen (secondary N) is 1. The predicted octanol–water partition coefficient (Wildman–Crippen LogP) is 4.53. The molecule has 0 saturated carbocycles. The number of oxazole rings is 1. The standard InChI is InChI=1S/C20H21F3N4O2S/c1-11(28-10-20(21,22)23)14-4-5-15(18-24-6-7-30-18)17-16(14)26-19(29-17)27-8-12-2-3-13(9-27)25-12/h4-7,11-13,25H,2-3,8-10H2,1H3. The predicted molar refractivity (Wildman–Crippen MR) is 108 cm³/mol. The molecule has 2 bridgehead atoms. The summed E-state index contributed by atoms with van der Waals surface area (Å²) in [6, 6.07) is 4.89. The van der Waals surface area contributed by atoms with Crippen LogP contribution >= 0.6 is 11.3 Å². The Kier molecular flexibility index (Phi) is 4.95. The molecule has 10 heteroatoms. The van der Waals surface area contributed by atoms with Crippen molar-refractivity contribution in [2.75, 3.05) is 24.6 Å². The Morgan fingerprint density at radius 1 is 1.30 bits per heavy atom. The number of nitrogens with zero attached hydrogens (tertiary/aromatic N) is 3. The molecule has 3 aromatic rings. The van der Waals surface area contributed by atoms with Crippen molar-refractivity contribution in [1.29, 1.82) is 0 Å². The molecule has 160 valence electrons. The molecule has 0 spiro atoms. The zero-order valence-electron chi connectivity index (χ0n) is 16.3. The van der Waals surface area contributed by atoms with Crippen LogP contribution in [0.1, 0.15) is 31.4 Å². The molecule has 6 nitrogen and oxygen atoms in total. The summed E-state index contributed by atoms with van der Waals surface area (Å²) in [5.41, 5.74) is 2.41. The van der Waals surface area contributed by atoms with Gasteiger partial charge in [-0.1, -0.05) is 6.07 Å². The highest BCUT2D eigenvalue weighted by Gasteiger charge is 2.35. The molecule has 3 unspecified atom stereocenters. The van der Waals surface area contributed by atoms with Gasteiger partial charge in [-0.05, 0) is 25.8 Å². The maximum absolute atomic E-state index is 12.6. The monoisotopic (exact) mass is 438 g/mol. The third-order valence-electron chi connectivity index (χ3n) is 5.65. The Morgan fingerprint density at radius 3 is 2.73 bits per heavy atom. The second kappa shape index (κ2) is 7.51. The third-order valence-corrected chi connectivity index (χ3v) is 6.45. The first-order valence-corrected chi connectivity index (χ1v) is 10.8. The zero-order chi connectivity index (χ0) is 20.9. The molecule has 3 atom stereocenters. The van der Waals surface area contributed by atoms with E-state index in [4.69, 9.17) is 14.1 Å². The van der Waals surface area contributed by atoms with Gasteiger partial charge in [0.05, 0.1) is 11.7 Å². The van der Waals surface area contributed by atoms with E-state index in [-0.39, 0.29) is 0 Å². The van der Waals surface area contributed by atoms with E-state index in [0.717, 1.165) is 36.5 Å². The van der Waals surface area contributed by atoms with Crippen LogP contribution in [0.4, 0.5) is 19.2 Å². The minimum absolute atomic E-state index is 0.408. The van der Waals surface area contributed by atoms with E-state index in [2.05, 4.69) is 15.2 Å². The van der Waals surface area contributed by atoms with Gasteiger partial charge in [-0.15, -0.1) is 11.3 Å². The van der Waals surface area contributed by atoms with Crippen LogP contribution in [0.5, 0.6) is 0 Å². The maximum atomic E-state index is 12.6. The molecule has 0 aliphatic carbocycles. The van der Waals surface area contributed by atoms with Gasteiger partial charge in [0.25, 0.3) is 6.01 Å². The lowest BCUT2D eigenvalue weighted by atomic mass is 10.1. The molecule has 2 aliphatic rings. The van der Waals surface area contributed by atoms with Crippen LogP contribution in [-0.2, 0) is 4.74 Å². The van der Waals surface area contributed by atoms with Crippen LogP contribution in [0.2, 0.25) is 0 Å². The van der Waals surface area contributed by atoms with Crippen molar-refractivity contribution in [2.45, 2.75) is 44.1 Å². The van der Waals surface area contributed by atoms with Gasteiger partial charge in [-0.25, -0.2) is 4.98 Å². The summed E-state index contributed by atoms with van der Waals surface area (Å²) >= 11 is 1.47. The van der Waals surface area contributed by atoms with Crippen molar-refractivity contribution in [3.8, 4) is 10.6 Å². The number of halogens is 3. The number of rotatable bonds is 5. The van der Waals surface area contributed by atoms with Crippen LogP contribution in [0, 0.1) is 0 Å². The number of ether oxygens (including phenoxy) is 1. The quantitative estimate of drug-likeness (QED) is 0.632. The van der Waals surface area contributed by atoms with Gasteiger partial charge in [0, 0.05) is 42.3 Å². The number of aromatic nitrogens is 2. The fraction of sp³-hybridized carbons (Fsp3) is 0.500. The van der Waals surface area contributed by atoms with Gasteiger partial charge in [0.1, 0.15) is 17.1 Å². The summed E-state index contributed by atoms with van der Waals surface area (Å²) < 4.78 is 49.2. The van der Waals surface area contributed by atoms with Crippen LogP contribution in [0.25, 0.3) is 21.7 Å². The highest BCUT2D eigenvalue weighted by molar-refractivity contribution is 7.13. The SMILES string of the molecule is CC(OCC(F)(F)F)c1ccc(-c2nccs2)c2oc(N3CC4CCC(C3)N4)nc12. The number of anilines is 1. The topological polar surface area (TPSA) is 63.4 Å². The minimum Gasteiger partial charge on any atom is -0.423 e. The van der Waals surface area contributed by atoms with Gasteiger partial charge >= 0.3 is 6.18 Å². The van der Waals surface area contributed by atoms with Gasteiger partial charge in [0.15, 0.2) is 5.58 Å². The lowest BCUT2D eigenvalue weighted by Crippen LogP contribution is -2.51. The second-order valence-electron chi connectivity index (χ2n) is 7.83. The number of hydrogen-bond donors (Lipinski definition) is 1. The first-order chi connectivity index (χ1) is 14.4. The summed E-state index contributed by atoms with van der Waals surface area (Å²) in [5.74, 6) is 0. The number of thiazole rings is 1. The minimum atomic E-state index is -4.39. The van der Waals surface area contributed by atoms with Crippen molar-refractivity contribution >= 4 is 28.5 Å². The smallest absolute Gasteiger partial charge is 0.411 e. The summed E-state index contributed by atoms with van der Waals surface area (Å²) in [7, 11) is 0. The molecule has 2 aliphatic heterocycles. The van der Waals surface area contributed by atoms with E-state index in [1.54, 1.807) is 19.2 Å². The third kappa shape index (κ3) is 3.79. The van der Waals surface area contributed by atoms with Gasteiger partial charge < -0.3 is 19.4 Å². The molecule has 30 heavy (non-hydrogen) atoms.